The van der Waals surface area contributed by atoms with Crippen molar-refractivity contribution in [2.75, 3.05) is 25.9 Å². The van der Waals surface area contributed by atoms with Gasteiger partial charge in [-0.3, -0.25) is 0 Å². The Morgan fingerprint density at radius 2 is 1.96 bits per heavy atom. The van der Waals surface area contributed by atoms with E-state index in [1.807, 2.05) is 13.2 Å². The molecule has 1 saturated heterocycles. The summed E-state index contributed by atoms with van der Waals surface area (Å²) in [6, 6.07) is 8.31. The molecule has 0 N–H and O–H groups in total. The zero-order valence-corrected chi connectivity index (χ0v) is 16.5. The highest BCUT2D eigenvalue weighted by molar-refractivity contribution is 7.89. The predicted molar refractivity (Wildman–Crippen MR) is 101 cm³/mol. The Hall–Kier alpha value is -1.77. The Kier molecular flexibility index (Phi) is 5.74. The third kappa shape index (κ3) is 4.49. The van der Waals surface area contributed by atoms with Gasteiger partial charge < -0.3 is 4.90 Å². The number of benzene rings is 1. The molecule has 1 unspecified atom stereocenters. The predicted octanol–water partition coefficient (Wildman–Crippen LogP) is 1.49. The monoisotopic (exact) mass is 377 g/mol. The van der Waals surface area contributed by atoms with Gasteiger partial charge in [0.2, 0.25) is 10.0 Å². The first-order chi connectivity index (χ1) is 12.4. The lowest BCUT2D eigenvalue weighted by Gasteiger charge is -2.22. The van der Waals surface area contributed by atoms with Gasteiger partial charge in [-0.15, -0.1) is 5.10 Å². The molecule has 1 atom stereocenters. The van der Waals surface area contributed by atoms with E-state index >= 15 is 0 Å². The van der Waals surface area contributed by atoms with Crippen LogP contribution in [0.15, 0.2) is 30.5 Å². The molecule has 0 radical (unpaired) electrons. The second-order valence-electron chi connectivity index (χ2n) is 7.10. The fourth-order valence-corrected chi connectivity index (χ4v) is 5.05. The van der Waals surface area contributed by atoms with E-state index in [1.165, 1.54) is 9.87 Å². The van der Waals surface area contributed by atoms with Crippen molar-refractivity contribution >= 4 is 10.0 Å². The zero-order valence-electron chi connectivity index (χ0n) is 15.7. The summed E-state index contributed by atoms with van der Waals surface area (Å²) in [5, 5.41) is 8.30. The summed E-state index contributed by atoms with van der Waals surface area (Å²) in [7, 11) is -1.25. The topological polar surface area (TPSA) is 71.3 Å². The number of sulfonamides is 1. The molecule has 1 aliphatic rings. The van der Waals surface area contributed by atoms with Crippen LogP contribution in [0.2, 0.25) is 0 Å². The molecule has 26 heavy (non-hydrogen) atoms. The summed E-state index contributed by atoms with van der Waals surface area (Å²) in [5.41, 5.74) is 3.04. The van der Waals surface area contributed by atoms with Crippen molar-refractivity contribution in [2.24, 2.45) is 0 Å². The van der Waals surface area contributed by atoms with Crippen LogP contribution in [0.4, 0.5) is 0 Å². The molecular formula is C18H27N5O2S. The highest BCUT2D eigenvalue weighted by Crippen LogP contribution is 2.20. The van der Waals surface area contributed by atoms with E-state index in [2.05, 4.69) is 53.3 Å². The quantitative estimate of drug-likeness (QED) is 0.731. The standard InChI is InChI=1S/C18H27N5O2S/c1-4-9-21(3)18-13-23(26(24,25)14-18)12-17-11-22(20-19-17)10-16-7-5-15(2)6-8-16/h5-8,11,18H,4,9-10,12-14H2,1-3H3. The van der Waals surface area contributed by atoms with E-state index in [-0.39, 0.29) is 18.3 Å². The molecule has 1 aromatic heterocycles. The van der Waals surface area contributed by atoms with Crippen LogP contribution in [0.25, 0.3) is 0 Å². The molecule has 1 fully saturated rings. The summed E-state index contributed by atoms with van der Waals surface area (Å²) in [6.07, 6.45) is 2.85. The fraction of sp³-hybridized carbons (Fsp3) is 0.556. The number of aromatic nitrogens is 3. The van der Waals surface area contributed by atoms with Gasteiger partial charge in [0.15, 0.2) is 0 Å². The van der Waals surface area contributed by atoms with Gasteiger partial charge in [0.1, 0.15) is 0 Å². The third-order valence-electron chi connectivity index (χ3n) is 4.80. The van der Waals surface area contributed by atoms with Crippen LogP contribution < -0.4 is 0 Å². The number of rotatable bonds is 7. The largest absolute Gasteiger partial charge is 0.301 e. The Labute approximate surface area is 155 Å². The van der Waals surface area contributed by atoms with Gasteiger partial charge in [-0.05, 0) is 32.5 Å². The Balaban J connectivity index is 1.64. The van der Waals surface area contributed by atoms with Gasteiger partial charge >= 0.3 is 0 Å². The van der Waals surface area contributed by atoms with E-state index in [0.29, 0.717) is 18.8 Å². The number of hydrogen-bond donors (Lipinski definition) is 0. The Morgan fingerprint density at radius 1 is 1.23 bits per heavy atom. The summed E-state index contributed by atoms with van der Waals surface area (Å²) >= 11 is 0. The van der Waals surface area contributed by atoms with E-state index < -0.39 is 10.0 Å². The van der Waals surface area contributed by atoms with Gasteiger partial charge in [-0.1, -0.05) is 42.0 Å². The van der Waals surface area contributed by atoms with Crippen LogP contribution in [0.3, 0.4) is 0 Å². The van der Waals surface area contributed by atoms with Gasteiger partial charge in [0.25, 0.3) is 0 Å². The molecule has 7 nitrogen and oxygen atoms in total. The molecule has 142 valence electrons. The van der Waals surface area contributed by atoms with Gasteiger partial charge in [-0.25, -0.2) is 13.1 Å². The maximum absolute atomic E-state index is 12.5. The van der Waals surface area contributed by atoms with Crippen molar-refractivity contribution in [3.8, 4) is 0 Å². The first-order valence-electron chi connectivity index (χ1n) is 9.00. The summed E-state index contributed by atoms with van der Waals surface area (Å²) in [5.74, 6) is 0.182. The Bertz CT molecular complexity index is 832. The Morgan fingerprint density at radius 3 is 2.65 bits per heavy atom. The van der Waals surface area contributed by atoms with Crippen LogP contribution >= 0.6 is 0 Å². The molecule has 0 bridgehead atoms. The van der Waals surface area contributed by atoms with Crippen LogP contribution in [0, 0.1) is 6.92 Å². The molecule has 0 spiro atoms. The van der Waals surface area contributed by atoms with Crippen molar-refractivity contribution in [3.63, 3.8) is 0 Å². The average Bonchev–Trinajstić information content (AvgIpc) is 3.14. The maximum Gasteiger partial charge on any atom is 0.216 e. The van der Waals surface area contributed by atoms with Crippen molar-refractivity contribution in [1.82, 2.24) is 24.2 Å². The first-order valence-corrected chi connectivity index (χ1v) is 10.6. The van der Waals surface area contributed by atoms with Crippen LogP contribution in [0.5, 0.6) is 0 Å². The number of aryl methyl sites for hydroxylation is 1. The van der Waals surface area contributed by atoms with E-state index in [1.54, 1.807) is 4.68 Å². The molecule has 2 aromatic rings. The molecule has 1 aromatic carbocycles. The molecule has 3 rings (SSSR count). The molecule has 0 aliphatic carbocycles. The molecule has 0 amide bonds. The lowest BCUT2D eigenvalue weighted by atomic mass is 10.1. The van der Waals surface area contributed by atoms with Gasteiger partial charge in [-0.2, -0.15) is 4.31 Å². The minimum atomic E-state index is -3.24. The molecular weight excluding hydrogens is 350 g/mol. The van der Waals surface area contributed by atoms with Crippen molar-refractivity contribution in [3.05, 3.63) is 47.3 Å². The van der Waals surface area contributed by atoms with Gasteiger partial charge in [0, 0.05) is 12.6 Å². The first kappa shape index (κ1) is 19.0. The summed E-state index contributed by atoms with van der Waals surface area (Å²) < 4.78 is 28.2. The lowest BCUT2D eigenvalue weighted by Crippen LogP contribution is -2.36. The molecule has 2 heterocycles. The second-order valence-corrected chi connectivity index (χ2v) is 9.11. The minimum absolute atomic E-state index is 0.0440. The van der Waals surface area contributed by atoms with Crippen molar-refractivity contribution < 1.29 is 8.42 Å². The number of hydrogen-bond acceptors (Lipinski definition) is 5. The van der Waals surface area contributed by atoms with Crippen molar-refractivity contribution in [1.29, 1.82) is 0 Å². The second kappa shape index (κ2) is 7.85. The average molecular weight is 378 g/mol. The zero-order chi connectivity index (χ0) is 18.7. The van der Waals surface area contributed by atoms with E-state index in [4.69, 9.17) is 0 Å². The summed E-state index contributed by atoms with van der Waals surface area (Å²) in [4.78, 5) is 2.13. The van der Waals surface area contributed by atoms with Crippen LogP contribution in [-0.4, -0.2) is 64.5 Å². The van der Waals surface area contributed by atoms with Crippen LogP contribution in [-0.2, 0) is 23.1 Å². The fourth-order valence-electron chi connectivity index (χ4n) is 3.26. The van der Waals surface area contributed by atoms with Gasteiger partial charge in [0.05, 0.1) is 30.7 Å². The smallest absolute Gasteiger partial charge is 0.216 e. The number of likely N-dealkylation sites (N-methyl/N-ethyl adjacent to an activating group) is 1. The SMILES string of the molecule is CCCN(C)C1CN(Cc2cn(Cc3ccc(C)cc3)nn2)S(=O)(=O)C1. The van der Waals surface area contributed by atoms with E-state index in [9.17, 15) is 8.42 Å². The van der Waals surface area contributed by atoms with E-state index in [0.717, 1.165) is 18.5 Å². The molecule has 1 aliphatic heterocycles. The van der Waals surface area contributed by atoms with Crippen molar-refractivity contribution in [2.45, 2.75) is 39.4 Å². The maximum atomic E-state index is 12.5. The normalized spacial score (nSPS) is 20.1. The third-order valence-corrected chi connectivity index (χ3v) is 6.67. The minimum Gasteiger partial charge on any atom is -0.301 e. The van der Waals surface area contributed by atoms with Crippen LogP contribution in [0.1, 0.15) is 30.2 Å². The highest BCUT2D eigenvalue weighted by Gasteiger charge is 2.38. The molecule has 0 saturated carbocycles. The highest BCUT2D eigenvalue weighted by atomic mass is 32.2. The summed E-state index contributed by atoms with van der Waals surface area (Å²) in [6.45, 7) is 6.49. The molecule has 8 heteroatoms. The number of nitrogens with zero attached hydrogens (tertiary/aromatic N) is 5. The lowest BCUT2D eigenvalue weighted by molar-refractivity contribution is 0.241.